The van der Waals surface area contributed by atoms with Crippen LogP contribution in [0, 0.1) is 0 Å². The Kier molecular flexibility index (Phi) is 6.77. The van der Waals surface area contributed by atoms with Gasteiger partial charge in [-0.05, 0) is 30.3 Å². The molecule has 9 heteroatoms. The lowest BCUT2D eigenvalue weighted by Gasteiger charge is -2.08. The Hall–Kier alpha value is -2.58. The molecule has 3 aromatic heterocycles. The zero-order valence-corrected chi connectivity index (χ0v) is 15.2. The van der Waals surface area contributed by atoms with E-state index in [2.05, 4.69) is 9.97 Å². The number of hydrogen-bond donors (Lipinski definition) is 1. The summed E-state index contributed by atoms with van der Waals surface area (Å²) in [5.41, 5.74) is 3.00. The molecular weight excluding hydrogens is 381 g/mol. The van der Waals surface area contributed by atoms with Crippen LogP contribution in [0.25, 0.3) is 27.8 Å². The van der Waals surface area contributed by atoms with Crippen molar-refractivity contribution in [3.8, 4) is 17.0 Å². The minimum Gasteiger partial charge on any atom is -0.495 e. The van der Waals surface area contributed by atoms with Crippen molar-refractivity contribution in [1.29, 1.82) is 0 Å². The lowest BCUT2D eigenvalue weighted by molar-refractivity contribution is 0.419. The van der Waals surface area contributed by atoms with Crippen LogP contribution >= 0.6 is 24.0 Å². The van der Waals surface area contributed by atoms with Crippen molar-refractivity contribution in [3.63, 3.8) is 0 Å². The molecule has 138 valence electrons. The minimum absolute atomic E-state index is 0. The van der Waals surface area contributed by atoms with E-state index in [1.54, 1.807) is 25.4 Å². The van der Waals surface area contributed by atoms with Crippen LogP contribution in [0.5, 0.6) is 5.75 Å². The standard InChI is InChI=1S/C17H12ClN3O2.ClH.2H2O/c1-23-14-5-3-11(12-4-7-16(22)20-17(12)14)13-9-21-8-10(18)2-6-15(21)19-13;;;/h2-9H,1H3,(H,20,22);1H;2*1H2. The van der Waals surface area contributed by atoms with Gasteiger partial charge in [-0.15, -0.1) is 12.4 Å². The van der Waals surface area contributed by atoms with Crippen molar-refractivity contribution in [3.05, 3.63) is 64.2 Å². The molecule has 1 aromatic carbocycles. The number of nitrogens with one attached hydrogen (secondary N) is 1. The van der Waals surface area contributed by atoms with Gasteiger partial charge in [-0.2, -0.15) is 0 Å². The van der Waals surface area contributed by atoms with Gasteiger partial charge in [0.15, 0.2) is 0 Å². The Bertz CT molecular complexity index is 1110. The molecule has 0 aliphatic carbocycles. The van der Waals surface area contributed by atoms with Gasteiger partial charge in [0.1, 0.15) is 11.4 Å². The van der Waals surface area contributed by atoms with Crippen LogP contribution in [0.15, 0.2) is 53.6 Å². The number of pyridine rings is 2. The van der Waals surface area contributed by atoms with Crippen molar-refractivity contribution in [2.24, 2.45) is 0 Å². The summed E-state index contributed by atoms with van der Waals surface area (Å²) in [4.78, 5) is 19.1. The highest BCUT2D eigenvalue weighted by molar-refractivity contribution is 6.30. The van der Waals surface area contributed by atoms with Gasteiger partial charge < -0.3 is 25.1 Å². The average Bonchev–Trinajstić information content (AvgIpc) is 2.96. The molecule has 0 atom stereocenters. The number of imidazole rings is 1. The molecule has 0 amide bonds. The Morgan fingerprint density at radius 1 is 1.08 bits per heavy atom. The topological polar surface area (TPSA) is 122 Å². The Morgan fingerprint density at radius 3 is 2.58 bits per heavy atom. The summed E-state index contributed by atoms with van der Waals surface area (Å²) in [5.74, 6) is 0.619. The van der Waals surface area contributed by atoms with Crippen LogP contribution in [0.1, 0.15) is 0 Å². The zero-order valence-electron chi connectivity index (χ0n) is 13.6. The summed E-state index contributed by atoms with van der Waals surface area (Å²) in [6.45, 7) is 0. The van der Waals surface area contributed by atoms with Crippen LogP contribution in [-0.2, 0) is 0 Å². The molecule has 26 heavy (non-hydrogen) atoms. The number of aromatic amines is 1. The summed E-state index contributed by atoms with van der Waals surface area (Å²) in [6, 6.07) is 10.7. The first-order valence-electron chi connectivity index (χ1n) is 7.00. The van der Waals surface area contributed by atoms with E-state index >= 15 is 0 Å². The van der Waals surface area contributed by atoms with Crippen LogP contribution < -0.4 is 10.3 Å². The zero-order chi connectivity index (χ0) is 16.0. The van der Waals surface area contributed by atoms with Crippen molar-refractivity contribution in [2.45, 2.75) is 0 Å². The van der Waals surface area contributed by atoms with E-state index in [-0.39, 0.29) is 28.9 Å². The van der Waals surface area contributed by atoms with Gasteiger partial charge in [0, 0.05) is 29.4 Å². The second kappa shape index (κ2) is 8.20. The number of halogens is 2. The van der Waals surface area contributed by atoms with Crippen LogP contribution in [-0.4, -0.2) is 32.4 Å². The molecule has 0 aliphatic rings. The smallest absolute Gasteiger partial charge is 0.248 e. The fourth-order valence-corrected chi connectivity index (χ4v) is 2.88. The van der Waals surface area contributed by atoms with Gasteiger partial charge in [0.25, 0.3) is 0 Å². The second-order valence-corrected chi connectivity index (χ2v) is 5.60. The maximum atomic E-state index is 11.6. The third kappa shape index (κ3) is 3.51. The predicted molar refractivity (Wildman–Crippen MR) is 105 cm³/mol. The highest BCUT2D eigenvalue weighted by Gasteiger charge is 2.12. The van der Waals surface area contributed by atoms with E-state index in [1.165, 1.54) is 6.07 Å². The lowest BCUT2D eigenvalue weighted by atomic mass is 10.1. The third-order valence-electron chi connectivity index (χ3n) is 3.77. The Labute approximate surface area is 159 Å². The van der Waals surface area contributed by atoms with E-state index in [1.807, 2.05) is 28.8 Å². The summed E-state index contributed by atoms with van der Waals surface area (Å²) >= 11 is 6.02. The van der Waals surface area contributed by atoms with Crippen molar-refractivity contribution in [2.75, 3.05) is 7.11 Å². The van der Waals surface area contributed by atoms with Crippen LogP contribution in [0.4, 0.5) is 0 Å². The van der Waals surface area contributed by atoms with E-state index in [4.69, 9.17) is 16.3 Å². The number of nitrogens with zero attached hydrogens (tertiary/aromatic N) is 2. The number of fused-ring (bicyclic) bond motifs is 2. The second-order valence-electron chi connectivity index (χ2n) is 5.17. The first kappa shape index (κ1) is 21.5. The summed E-state index contributed by atoms with van der Waals surface area (Å²) in [6.07, 6.45) is 3.72. The molecule has 0 radical (unpaired) electrons. The van der Waals surface area contributed by atoms with Gasteiger partial charge in [-0.25, -0.2) is 4.98 Å². The molecule has 0 fully saturated rings. The minimum atomic E-state index is -0.172. The molecule has 4 aromatic rings. The quantitative estimate of drug-likeness (QED) is 0.557. The lowest BCUT2D eigenvalue weighted by Crippen LogP contribution is -2.04. The largest absolute Gasteiger partial charge is 0.495 e. The fourth-order valence-electron chi connectivity index (χ4n) is 2.71. The van der Waals surface area contributed by atoms with Crippen molar-refractivity contribution < 1.29 is 15.7 Å². The number of methoxy groups -OCH3 is 1. The van der Waals surface area contributed by atoms with Crippen molar-refractivity contribution >= 4 is 40.6 Å². The Morgan fingerprint density at radius 2 is 1.85 bits per heavy atom. The van der Waals surface area contributed by atoms with Gasteiger partial charge in [0.2, 0.25) is 5.56 Å². The number of benzene rings is 1. The first-order chi connectivity index (χ1) is 11.2. The average molecular weight is 398 g/mol. The number of ether oxygens (including phenoxy) is 1. The van der Waals surface area contributed by atoms with Gasteiger partial charge in [0.05, 0.1) is 23.3 Å². The monoisotopic (exact) mass is 397 g/mol. The highest BCUT2D eigenvalue weighted by atomic mass is 35.5. The molecule has 0 aliphatic heterocycles. The fraction of sp³-hybridized carbons (Fsp3) is 0.0588. The maximum Gasteiger partial charge on any atom is 0.248 e. The predicted octanol–water partition coefficient (Wildman–Crippen LogP) is 2.28. The van der Waals surface area contributed by atoms with E-state index in [9.17, 15) is 4.79 Å². The number of hydrogen-bond acceptors (Lipinski definition) is 3. The molecule has 0 spiro atoms. The van der Waals surface area contributed by atoms with E-state index in [0.29, 0.717) is 16.3 Å². The van der Waals surface area contributed by atoms with E-state index in [0.717, 1.165) is 22.3 Å². The molecular formula is C17H17Cl2N3O4. The summed E-state index contributed by atoms with van der Waals surface area (Å²) in [5, 5.41) is 1.52. The maximum absolute atomic E-state index is 11.6. The molecule has 0 saturated carbocycles. The molecule has 4 rings (SSSR count). The van der Waals surface area contributed by atoms with Gasteiger partial charge in [-0.1, -0.05) is 11.6 Å². The normalized spacial score (nSPS) is 9.92. The summed E-state index contributed by atoms with van der Waals surface area (Å²) in [7, 11) is 1.58. The molecule has 7 nitrogen and oxygen atoms in total. The van der Waals surface area contributed by atoms with Crippen LogP contribution in [0.3, 0.4) is 0 Å². The highest BCUT2D eigenvalue weighted by Crippen LogP contribution is 2.32. The molecule has 0 saturated heterocycles. The third-order valence-corrected chi connectivity index (χ3v) is 3.99. The number of aromatic nitrogens is 3. The Balaban J connectivity index is 0.00000113. The first-order valence-corrected chi connectivity index (χ1v) is 7.38. The van der Waals surface area contributed by atoms with E-state index < -0.39 is 0 Å². The van der Waals surface area contributed by atoms with Crippen molar-refractivity contribution in [1.82, 2.24) is 14.4 Å². The molecule has 0 bridgehead atoms. The van der Waals surface area contributed by atoms with Gasteiger partial charge in [-0.3, -0.25) is 4.79 Å². The molecule has 3 heterocycles. The molecule has 5 N–H and O–H groups in total. The SMILES string of the molecule is COc1ccc(-c2cn3cc(Cl)ccc3n2)c2ccc(=O)[nH]c12.Cl.O.O. The molecule has 0 unspecified atom stereocenters. The number of H-pyrrole nitrogens is 1. The summed E-state index contributed by atoms with van der Waals surface area (Å²) < 4.78 is 7.21. The number of rotatable bonds is 2. The van der Waals surface area contributed by atoms with Crippen LogP contribution in [0.2, 0.25) is 5.02 Å². The van der Waals surface area contributed by atoms with Gasteiger partial charge >= 0.3 is 0 Å².